The van der Waals surface area contributed by atoms with Crippen LogP contribution in [0.1, 0.15) is 0 Å². The summed E-state index contributed by atoms with van der Waals surface area (Å²) >= 11 is 0. The van der Waals surface area contributed by atoms with Gasteiger partial charge in [0.05, 0.1) is 0 Å². The fraction of sp³-hybridized carbons (Fsp3) is 0. The van der Waals surface area contributed by atoms with Crippen LogP contribution in [0.15, 0.2) is 0 Å². The number of rotatable bonds is 0. The second-order valence-corrected chi connectivity index (χ2v) is 1.00. The summed E-state index contributed by atoms with van der Waals surface area (Å²) in [6.07, 6.45) is -9.33. The minimum atomic E-state index is -2.33. The molecule has 0 aliphatic rings. The van der Waals surface area contributed by atoms with Crippen molar-refractivity contribution in [2.75, 3.05) is 0 Å². The minimum Gasteiger partial charge on any atom is -0.870 e. The molecule has 0 aromatic heterocycles. The second-order valence-electron chi connectivity index (χ2n) is 1.00. The Balaban J connectivity index is -0.00000000482. The third-order valence-electron chi connectivity index (χ3n) is 0. The molecule has 0 bridgehead atoms. The molecule has 0 aromatic rings. The molecule has 27 heavy (non-hydrogen) atoms. The zero-order valence-corrected chi connectivity index (χ0v) is 17.2. The zero-order chi connectivity index (χ0) is 14.3. The molecule has 181 valence electrons. The molecule has 0 aromatic carbocycles. The summed E-state index contributed by atoms with van der Waals surface area (Å²) in [5.41, 5.74) is 0. The molecule has 0 saturated carbocycles. The van der Waals surface area contributed by atoms with E-state index in [1.54, 1.807) is 0 Å². The van der Waals surface area contributed by atoms with Gasteiger partial charge in [-0.2, -0.15) is 0 Å². The van der Waals surface area contributed by atoms with Gasteiger partial charge in [0.25, 0.3) is 0 Å². The van der Waals surface area contributed by atoms with E-state index in [4.69, 9.17) is 60.0 Å². The Hall–Kier alpha value is -0.120. The van der Waals surface area contributed by atoms with E-state index in [2.05, 4.69) is 0 Å². The molecule has 0 unspecified atom stereocenters. The first-order valence-electron chi connectivity index (χ1n) is 2.45. The number of carboxylic acid groups (broad SMARTS) is 8. The van der Waals surface area contributed by atoms with Crippen molar-refractivity contribution in [2.45, 2.75) is 0 Å². The Morgan fingerprint density at radius 1 is 0.370 bits per heavy atom. The van der Waals surface area contributed by atoms with Crippen molar-refractivity contribution in [3.8, 4) is 0 Å². The van der Waals surface area contributed by atoms with Crippen LogP contribution < -0.4 is 40.9 Å². The van der Waals surface area contributed by atoms with Crippen molar-refractivity contribution in [3.63, 3.8) is 0 Å². The third-order valence-corrected chi connectivity index (χ3v) is 0. The van der Waals surface area contributed by atoms with Gasteiger partial charge in [0.2, 0.25) is 0 Å². The van der Waals surface area contributed by atoms with Crippen molar-refractivity contribution in [2.24, 2.45) is 0 Å². The molecule has 17 nitrogen and oxygen atoms in total. The summed E-state index contributed by atoms with van der Waals surface area (Å²) in [4.78, 5) is 33.3. The average Bonchev–Trinajstić information content (AvgIpc) is 1.76. The third kappa shape index (κ3) is 1020000. The normalized spacial score (nSPS) is 3.56. The van der Waals surface area contributed by atoms with E-state index in [9.17, 15) is 0 Å². The molecule has 23 heteroatoms. The van der Waals surface area contributed by atoms with Crippen LogP contribution in [-0.2, 0) is 99.8 Å². The quantitative estimate of drug-likeness (QED) is 0.214. The van der Waals surface area contributed by atoms with E-state index in [-0.39, 0.29) is 127 Å². The van der Waals surface area contributed by atoms with Crippen LogP contribution in [0, 0.1) is 0 Å². The Morgan fingerprint density at radius 2 is 0.370 bits per heavy atom. The van der Waals surface area contributed by atoms with Gasteiger partial charge in [-0.25, -0.2) is 0 Å². The Morgan fingerprint density at radius 3 is 0.370 bits per heavy atom. The maximum Gasteiger partial charge on any atom is 2.00 e. The summed E-state index contributed by atoms with van der Waals surface area (Å²) in [5.74, 6) is 0. The molecular formula is C4H6Co3Ni3O17. The summed E-state index contributed by atoms with van der Waals surface area (Å²) in [5, 5.41) is 66.7. The maximum atomic E-state index is 8.33. The van der Waals surface area contributed by atoms with Crippen molar-refractivity contribution in [1.82, 2.24) is 0 Å². The van der Waals surface area contributed by atoms with Gasteiger partial charge in [0.15, 0.2) is 0 Å². The molecule has 0 heterocycles. The van der Waals surface area contributed by atoms with Crippen LogP contribution in [0.3, 0.4) is 0 Å². The largest absolute Gasteiger partial charge is 2.00 e. The van der Waals surface area contributed by atoms with Crippen molar-refractivity contribution >= 4 is 24.6 Å². The number of carbonyl (C=O) groups excluding carboxylic acids is 4. The van der Waals surface area contributed by atoms with Gasteiger partial charge in [-0.1, -0.05) is 0 Å². The molecule has 0 fully saturated rings. The molecule has 0 spiro atoms. The predicted octanol–water partition coefficient (Wildman–Crippen LogP) is -11.3. The van der Waals surface area contributed by atoms with Crippen LogP contribution in [0.4, 0.5) is 19.2 Å². The number of carbonyl (C=O) groups is 4. The minimum absolute atomic E-state index is 0. The van der Waals surface area contributed by atoms with Crippen LogP contribution in [0.25, 0.3) is 0 Å². The standard InChI is InChI=1S/4CH2O3.3Co.3Ni.5H2O/c4*2-1(3)4;;;;;;;;;;;/h4*(H2,2,3,4);;;;;;;5*1H2/q;;;;6*+2;;;;;/p-12. The van der Waals surface area contributed by atoms with E-state index in [0.717, 1.165) is 0 Å². The summed E-state index contributed by atoms with van der Waals surface area (Å²) in [6.45, 7) is 0. The van der Waals surface area contributed by atoms with Gasteiger partial charge in [0, 0.05) is 0 Å². The second kappa shape index (κ2) is 114. The first kappa shape index (κ1) is 128. The van der Waals surface area contributed by atoms with E-state index in [1.165, 1.54) is 0 Å². The van der Waals surface area contributed by atoms with Crippen molar-refractivity contribution in [3.05, 3.63) is 0 Å². The maximum absolute atomic E-state index is 8.33. The Kier molecular flexibility index (Phi) is 536. The zero-order valence-electron chi connectivity index (χ0n) is 11.1. The van der Waals surface area contributed by atoms with E-state index in [0.29, 0.717) is 0 Å². The number of hydrogen-bond donors (Lipinski definition) is 0. The first-order valence-corrected chi connectivity index (χ1v) is 2.45. The van der Waals surface area contributed by atoms with Crippen LogP contribution in [0.2, 0.25) is 0 Å². The molecule has 0 amide bonds. The van der Waals surface area contributed by atoms with Gasteiger partial charge >= 0.3 is 99.8 Å². The van der Waals surface area contributed by atoms with Crippen molar-refractivity contribution in [1.29, 1.82) is 0 Å². The molecule has 0 aliphatic heterocycles. The summed E-state index contributed by atoms with van der Waals surface area (Å²) < 4.78 is 0. The molecule has 0 rings (SSSR count). The van der Waals surface area contributed by atoms with E-state index >= 15 is 0 Å². The van der Waals surface area contributed by atoms with Crippen LogP contribution in [-0.4, -0.2) is 52.0 Å². The van der Waals surface area contributed by atoms with Gasteiger partial charge in [0.1, 0.15) is 0 Å². The van der Waals surface area contributed by atoms with E-state index < -0.39 is 24.6 Å². The van der Waals surface area contributed by atoms with Crippen LogP contribution >= 0.6 is 0 Å². The van der Waals surface area contributed by atoms with Gasteiger partial charge in [-0.3, -0.25) is 0 Å². The monoisotopic (exact) mass is 677 g/mol. The molecule has 6 N–H and O–H groups in total. The fourth-order valence-electron chi connectivity index (χ4n) is 0. The Bertz CT molecular complexity index is 181. The summed E-state index contributed by atoms with van der Waals surface area (Å²) in [7, 11) is 0. The van der Waals surface area contributed by atoms with Gasteiger partial charge in [-0.05, 0) is 24.6 Å². The first-order chi connectivity index (χ1) is 6.93. The van der Waals surface area contributed by atoms with Crippen LogP contribution in [0.5, 0.6) is 0 Å². The van der Waals surface area contributed by atoms with Gasteiger partial charge < -0.3 is 87.4 Å². The molecule has 0 atom stereocenters. The number of hydrogen-bond acceptors (Lipinski definition) is 16. The topological polar surface area (TPSA) is 404 Å². The molecular weight excluding hydrogens is 673 g/mol. The SMILES string of the molecule is O.O=C([O-])[O-].O=C([O-])[O-].O=C([O-])[O-].O=C([O-])[O-].[Co+2].[Co+2].[Co+2].[Ni+2].[Ni+2].[Ni+2].[OH-].[OH-].[OH-].[OH-]. The molecule has 0 aliphatic carbocycles. The summed E-state index contributed by atoms with van der Waals surface area (Å²) in [6, 6.07) is 0. The van der Waals surface area contributed by atoms with Gasteiger partial charge in [-0.15, -0.1) is 0 Å². The molecule has 3 radical (unpaired) electrons. The van der Waals surface area contributed by atoms with Crippen molar-refractivity contribution < 1.29 is 187 Å². The average molecular weight is 679 g/mol. The van der Waals surface area contributed by atoms with E-state index in [1.807, 2.05) is 0 Å². The fourth-order valence-corrected chi connectivity index (χ4v) is 0. The predicted molar refractivity (Wildman–Crippen MR) is 32.9 cm³/mol. The smallest absolute Gasteiger partial charge is 0.870 e. The molecule has 0 saturated heterocycles. The Labute approximate surface area is 210 Å².